The number of nitrogens with zero attached hydrogens (tertiary/aromatic N) is 3. The fourth-order valence-electron chi connectivity index (χ4n) is 3.20. The fraction of sp³-hybridized carbons (Fsp3) is 0.300. The monoisotopic (exact) mass is 428 g/mol. The van der Waals surface area contributed by atoms with Crippen molar-refractivity contribution < 1.29 is 14.1 Å². The number of amides is 2. The van der Waals surface area contributed by atoms with Gasteiger partial charge in [0, 0.05) is 18.4 Å². The van der Waals surface area contributed by atoms with Crippen LogP contribution in [0.15, 0.2) is 41.1 Å². The average molecular weight is 429 g/mol. The summed E-state index contributed by atoms with van der Waals surface area (Å²) in [5.41, 5.74) is 2.85. The molecule has 0 spiro atoms. The van der Waals surface area contributed by atoms with Crippen molar-refractivity contribution in [2.75, 3.05) is 18.2 Å². The maximum atomic E-state index is 13.3. The molecule has 0 radical (unpaired) electrons. The van der Waals surface area contributed by atoms with E-state index in [-0.39, 0.29) is 23.6 Å². The number of thiazole rings is 1. The third-order valence-electron chi connectivity index (χ3n) is 4.63. The van der Waals surface area contributed by atoms with Gasteiger partial charge >= 0.3 is 0 Å². The highest BCUT2D eigenvalue weighted by molar-refractivity contribution is 7.99. The molecule has 150 valence electrons. The lowest BCUT2D eigenvalue weighted by Gasteiger charge is -2.23. The first-order valence-corrected chi connectivity index (χ1v) is 11.1. The summed E-state index contributed by atoms with van der Waals surface area (Å²) in [6, 6.07) is 9.50. The van der Waals surface area contributed by atoms with Gasteiger partial charge in [0.25, 0.3) is 11.8 Å². The second kappa shape index (κ2) is 8.38. The van der Waals surface area contributed by atoms with Crippen molar-refractivity contribution in [1.82, 2.24) is 20.4 Å². The molecule has 29 heavy (non-hydrogen) atoms. The van der Waals surface area contributed by atoms with Crippen LogP contribution in [0, 0.1) is 13.8 Å². The molecular formula is C20H20N4O3S2. The smallest absolute Gasteiger partial charge is 0.275 e. The highest BCUT2D eigenvalue weighted by atomic mass is 32.2. The number of hydrogen-bond acceptors (Lipinski definition) is 7. The van der Waals surface area contributed by atoms with E-state index in [1.165, 1.54) is 23.7 Å². The minimum Gasteiger partial charge on any atom is -0.364 e. The number of aryl methyl sites for hydroxylation is 2. The molecular weight excluding hydrogens is 408 g/mol. The van der Waals surface area contributed by atoms with Gasteiger partial charge in [0.2, 0.25) is 0 Å². The summed E-state index contributed by atoms with van der Waals surface area (Å²) in [4.78, 5) is 32.7. The first-order chi connectivity index (χ1) is 14.0. The molecule has 1 atom stereocenters. The summed E-state index contributed by atoms with van der Waals surface area (Å²) in [5.74, 6) is 0.922. The van der Waals surface area contributed by atoms with E-state index in [2.05, 4.69) is 21.5 Å². The van der Waals surface area contributed by atoms with Crippen LogP contribution in [0.4, 0.5) is 0 Å². The number of aromatic nitrogens is 2. The maximum Gasteiger partial charge on any atom is 0.275 e. The first kappa shape index (κ1) is 19.7. The van der Waals surface area contributed by atoms with Gasteiger partial charge in [0.05, 0.1) is 21.8 Å². The van der Waals surface area contributed by atoms with Gasteiger partial charge < -0.3 is 14.7 Å². The Bertz CT molecular complexity index is 1030. The van der Waals surface area contributed by atoms with Gasteiger partial charge in [-0.05, 0) is 19.4 Å². The van der Waals surface area contributed by atoms with Gasteiger partial charge in [-0.1, -0.05) is 35.0 Å². The first-order valence-electron chi connectivity index (χ1n) is 9.14. The lowest BCUT2D eigenvalue weighted by Crippen LogP contribution is -2.44. The van der Waals surface area contributed by atoms with Crippen LogP contribution in [0.1, 0.15) is 31.5 Å². The number of carbonyl (C=O) groups is 2. The summed E-state index contributed by atoms with van der Waals surface area (Å²) >= 11 is 3.20. The molecule has 2 amide bonds. The number of benzene rings is 1. The van der Waals surface area contributed by atoms with E-state index >= 15 is 0 Å². The van der Waals surface area contributed by atoms with Gasteiger partial charge in [0.1, 0.15) is 12.0 Å². The van der Waals surface area contributed by atoms with Crippen molar-refractivity contribution in [1.29, 1.82) is 0 Å². The summed E-state index contributed by atoms with van der Waals surface area (Å²) in [6.07, 6.45) is 1.35. The summed E-state index contributed by atoms with van der Waals surface area (Å²) in [7, 11) is 0. The van der Waals surface area contributed by atoms with Crippen molar-refractivity contribution in [3.8, 4) is 10.4 Å². The standard InChI is InChI=1S/C20H20N4O3S2/c1-12-4-3-5-14(8-12)18-17(22-13(2)29-18)20(26)24-11-28-10-15(24)9-21-19(25)16-6-7-27-23-16/h3-8,15H,9-11H2,1-2H3,(H,21,25)/t15-/m1/s1. The molecule has 1 aromatic carbocycles. The molecule has 7 nitrogen and oxygen atoms in total. The van der Waals surface area contributed by atoms with E-state index in [1.807, 2.05) is 32.0 Å². The third-order valence-corrected chi connectivity index (χ3v) is 6.73. The lowest BCUT2D eigenvalue weighted by atomic mass is 10.1. The SMILES string of the molecule is Cc1cccc(-c2sc(C)nc2C(=O)N2CSC[C@H]2CNC(=O)c2ccon2)c1. The van der Waals surface area contributed by atoms with Crippen molar-refractivity contribution >= 4 is 34.9 Å². The van der Waals surface area contributed by atoms with Gasteiger partial charge in [0.15, 0.2) is 5.69 Å². The topological polar surface area (TPSA) is 88.3 Å². The predicted octanol–water partition coefficient (Wildman–Crippen LogP) is 3.36. The molecule has 0 saturated carbocycles. The minimum atomic E-state index is -0.312. The van der Waals surface area contributed by atoms with Gasteiger partial charge in [-0.3, -0.25) is 9.59 Å². The van der Waals surface area contributed by atoms with E-state index in [0.717, 1.165) is 26.8 Å². The van der Waals surface area contributed by atoms with E-state index in [1.54, 1.807) is 16.7 Å². The number of carbonyl (C=O) groups excluding carboxylic acids is 2. The number of thioether (sulfide) groups is 1. The van der Waals surface area contributed by atoms with E-state index in [0.29, 0.717) is 18.1 Å². The normalized spacial score (nSPS) is 16.2. The van der Waals surface area contributed by atoms with Gasteiger partial charge in [-0.25, -0.2) is 4.98 Å². The van der Waals surface area contributed by atoms with Gasteiger partial charge in [-0.15, -0.1) is 23.1 Å². The fourth-order valence-corrected chi connectivity index (χ4v) is 5.30. The van der Waals surface area contributed by atoms with Crippen molar-refractivity contribution in [2.24, 2.45) is 0 Å². The molecule has 1 aliphatic heterocycles. The molecule has 0 aliphatic carbocycles. The summed E-state index contributed by atoms with van der Waals surface area (Å²) in [6.45, 7) is 4.30. The van der Waals surface area contributed by atoms with E-state index in [9.17, 15) is 9.59 Å². The van der Waals surface area contributed by atoms with Crippen LogP contribution in [0.3, 0.4) is 0 Å². The van der Waals surface area contributed by atoms with Crippen LogP contribution >= 0.6 is 23.1 Å². The average Bonchev–Trinajstić information content (AvgIpc) is 3.46. The maximum absolute atomic E-state index is 13.3. The third kappa shape index (κ3) is 4.20. The molecule has 1 N–H and O–H groups in total. The summed E-state index contributed by atoms with van der Waals surface area (Å²) in [5, 5.41) is 7.33. The molecule has 0 unspecified atom stereocenters. The van der Waals surface area contributed by atoms with Crippen LogP contribution < -0.4 is 5.32 Å². The highest BCUT2D eigenvalue weighted by Gasteiger charge is 2.33. The van der Waals surface area contributed by atoms with Crippen LogP contribution in [-0.4, -0.2) is 51.1 Å². The highest BCUT2D eigenvalue weighted by Crippen LogP contribution is 2.33. The Kier molecular flexibility index (Phi) is 5.68. The van der Waals surface area contributed by atoms with Gasteiger partial charge in [-0.2, -0.15) is 0 Å². The van der Waals surface area contributed by atoms with E-state index < -0.39 is 0 Å². The Balaban J connectivity index is 1.52. The zero-order valence-corrected chi connectivity index (χ0v) is 17.7. The Labute approximate surface area is 176 Å². The molecule has 3 aromatic rings. The molecule has 2 aromatic heterocycles. The molecule has 1 fully saturated rings. The zero-order chi connectivity index (χ0) is 20.4. The lowest BCUT2D eigenvalue weighted by molar-refractivity contribution is 0.0731. The Morgan fingerprint density at radius 3 is 2.93 bits per heavy atom. The van der Waals surface area contributed by atoms with Crippen molar-refractivity contribution in [3.63, 3.8) is 0 Å². The van der Waals surface area contributed by atoms with Crippen LogP contribution in [0.25, 0.3) is 10.4 Å². The Morgan fingerprint density at radius 2 is 2.17 bits per heavy atom. The quantitative estimate of drug-likeness (QED) is 0.670. The predicted molar refractivity (Wildman–Crippen MR) is 113 cm³/mol. The Morgan fingerprint density at radius 1 is 1.31 bits per heavy atom. The Hall–Kier alpha value is -2.65. The number of rotatable bonds is 5. The second-order valence-corrected chi connectivity index (χ2v) is 9.01. The van der Waals surface area contributed by atoms with Crippen LogP contribution in [-0.2, 0) is 0 Å². The molecule has 1 saturated heterocycles. The minimum absolute atomic E-state index is 0.100. The summed E-state index contributed by atoms with van der Waals surface area (Å²) < 4.78 is 4.70. The molecule has 4 rings (SSSR count). The van der Waals surface area contributed by atoms with Crippen LogP contribution in [0.2, 0.25) is 0 Å². The molecule has 9 heteroatoms. The molecule has 3 heterocycles. The van der Waals surface area contributed by atoms with E-state index in [4.69, 9.17) is 4.52 Å². The zero-order valence-electron chi connectivity index (χ0n) is 16.0. The largest absolute Gasteiger partial charge is 0.364 e. The van der Waals surface area contributed by atoms with Crippen LogP contribution in [0.5, 0.6) is 0 Å². The molecule has 0 bridgehead atoms. The van der Waals surface area contributed by atoms with Crippen molar-refractivity contribution in [2.45, 2.75) is 19.9 Å². The molecule has 1 aliphatic rings. The number of nitrogens with one attached hydrogen (secondary N) is 1. The second-order valence-electron chi connectivity index (χ2n) is 6.80. The number of hydrogen-bond donors (Lipinski definition) is 1. The van der Waals surface area contributed by atoms with Crippen molar-refractivity contribution in [3.05, 3.63) is 58.6 Å².